The second-order valence-electron chi connectivity index (χ2n) is 3.77. The van der Waals surface area contributed by atoms with Crippen molar-refractivity contribution >= 4 is 12.0 Å². The average molecular weight is 212 g/mol. The summed E-state index contributed by atoms with van der Waals surface area (Å²) in [5.41, 5.74) is 0. The molecule has 0 spiro atoms. The van der Waals surface area contributed by atoms with E-state index >= 15 is 0 Å². The van der Waals surface area contributed by atoms with E-state index in [4.69, 9.17) is 5.11 Å². The zero-order valence-electron chi connectivity index (χ0n) is 8.77. The lowest BCUT2D eigenvalue weighted by molar-refractivity contribution is -0.144. The number of nitrogens with zero attached hydrogens (tertiary/aromatic N) is 1. The van der Waals surface area contributed by atoms with Crippen molar-refractivity contribution in [1.82, 2.24) is 10.2 Å². The average Bonchev–Trinajstić information content (AvgIpc) is 2.11. The summed E-state index contributed by atoms with van der Waals surface area (Å²) >= 11 is 0. The van der Waals surface area contributed by atoms with Crippen molar-refractivity contribution in [2.45, 2.75) is 6.92 Å². The monoisotopic (exact) mass is 212 g/mol. The van der Waals surface area contributed by atoms with E-state index in [1.807, 2.05) is 0 Å². The third-order valence-electron chi connectivity index (χ3n) is 2.69. The molecule has 1 fully saturated rings. The molecular weight excluding hydrogens is 196 g/mol. The first-order valence-corrected chi connectivity index (χ1v) is 4.92. The molecular formula is C10H16N2O3. The van der Waals surface area contributed by atoms with Crippen LogP contribution in [0.1, 0.15) is 6.92 Å². The van der Waals surface area contributed by atoms with Crippen molar-refractivity contribution in [3.05, 3.63) is 12.7 Å². The van der Waals surface area contributed by atoms with Crippen LogP contribution in [0.25, 0.3) is 0 Å². The molecule has 84 valence electrons. The molecule has 5 heteroatoms. The van der Waals surface area contributed by atoms with Gasteiger partial charge in [0.25, 0.3) is 0 Å². The first-order valence-electron chi connectivity index (χ1n) is 4.92. The number of rotatable bonds is 4. The van der Waals surface area contributed by atoms with Gasteiger partial charge in [-0.15, -0.1) is 6.58 Å². The summed E-state index contributed by atoms with van der Waals surface area (Å²) in [5.74, 6) is -1.10. The third kappa shape index (κ3) is 2.71. The number of carbonyl (C=O) groups is 2. The Balaban J connectivity index is 2.27. The summed E-state index contributed by atoms with van der Waals surface area (Å²) in [4.78, 5) is 23.6. The molecule has 1 aliphatic heterocycles. The summed E-state index contributed by atoms with van der Waals surface area (Å²) < 4.78 is 0. The van der Waals surface area contributed by atoms with Crippen molar-refractivity contribution in [1.29, 1.82) is 0 Å². The molecule has 0 saturated carbocycles. The maximum Gasteiger partial charge on any atom is 0.317 e. The fourth-order valence-corrected chi connectivity index (χ4v) is 1.47. The zero-order chi connectivity index (χ0) is 11.4. The quantitative estimate of drug-likeness (QED) is 0.668. The van der Waals surface area contributed by atoms with Gasteiger partial charge in [-0.1, -0.05) is 13.0 Å². The Morgan fingerprint density at radius 1 is 1.67 bits per heavy atom. The summed E-state index contributed by atoms with van der Waals surface area (Å²) in [6, 6.07) is -0.149. The minimum absolute atomic E-state index is 0.0805. The molecule has 0 radical (unpaired) electrons. The van der Waals surface area contributed by atoms with Gasteiger partial charge in [0, 0.05) is 25.6 Å². The highest BCUT2D eigenvalue weighted by molar-refractivity contribution is 5.76. The lowest BCUT2D eigenvalue weighted by Crippen LogP contribution is -2.56. The van der Waals surface area contributed by atoms with Gasteiger partial charge in [-0.05, 0) is 0 Å². The van der Waals surface area contributed by atoms with Crippen LogP contribution in [0, 0.1) is 11.8 Å². The van der Waals surface area contributed by atoms with Crippen LogP contribution in [0.2, 0.25) is 0 Å². The summed E-state index contributed by atoms with van der Waals surface area (Å²) in [5, 5.41) is 11.4. The number of nitrogens with one attached hydrogen (secondary N) is 1. The Labute approximate surface area is 88.8 Å². The molecule has 0 aromatic heterocycles. The lowest BCUT2D eigenvalue weighted by Gasteiger charge is -2.40. The second kappa shape index (κ2) is 4.82. The van der Waals surface area contributed by atoms with Gasteiger partial charge in [0.2, 0.25) is 0 Å². The van der Waals surface area contributed by atoms with Gasteiger partial charge in [0.15, 0.2) is 0 Å². The van der Waals surface area contributed by atoms with E-state index in [0.29, 0.717) is 19.6 Å². The van der Waals surface area contributed by atoms with Crippen LogP contribution in [-0.4, -0.2) is 41.6 Å². The number of carbonyl (C=O) groups excluding carboxylic acids is 1. The van der Waals surface area contributed by atoms with Crippen molar-refractivity contribution < 1.29 is 14.7 Å². The van der Waals surface area contributed by atoms with E-state index in [1.54, 1.807) is 17.9 Å². The van der Waals surface area contributed by atoms with Crippen molar-refractivity contribution in [2.75, 3.05) is 19.6 Å². The third-order valence-corrected chi connectivity index (χ3v) is 2.69. The molecule has 0 bridgehead atoms. The summed E-state index contributed by atoms with van der Waals surface area (Å²) in [6.07, 6.45) is 1.61. The smallest absolute Gasteiger partial charge is 0.317 e. The molecule has 1 atom stereocenters. The van der Waals surface area contributed by atoms with Crippen LogP contribution in [-0.2, 0) is 4.79 Å². The van der Waals surface area contributed by atoms with E-state index in [9.17, 15) is 9.59 Å². The maximum atomic E-state index is 11.3. The highest BCUT2D eigenvalue weighted by Crippen LogP contribution is 2.23. The van der Waals surface area contributed by atoms with E-state index in [0.717, 1.165) is 0 Å². The van der Waals surface area contributed by atoms with Crippen molar-refractivity contribution in [2.24, 2.45) is 11.8 Å². The summed E-state index contributed by atoms with van der Waals surface area (Å²) in [6.45, 7) is 6.65. The largest absolute Gasteiger partial charge is 0.481 e. The highest BCUT2D eigenvalue weighted by atomic mass is 16.4. The molecule has 1 unspecified atom stereocenters. The van der Waals surface area contributed by atoms with Gasteiger partial charge >= 0.3 is 12.0 Å². The maximum absolute atomic E-state index is 11.3. The standard InChI is InChI=1S/C10H16N2O3/c1-3-4-11-10(15)12-5-8(6-12)7(2)9(13)14/h3,7-8H,1,4-6H2,2H3,(H,11,15)(H,13,14). The molecule has 0 aliphatic carbocycles. The molecule has 2 N–H and O–H groups in total. The minimum atomic E-state index is -0.800. The number of carboxylic acids is 1. The van der Waals surface area contributed by atoms with Gasteiger partial charge in [0.05, 0.1) is 5.92 Å². The van der Waals surface area contributed by atoms with Crippen LogP contribution in [0.4, 0.5) is 4.79 Å². The van der Waals surface area contributed by atoms with Crippen LogP contribution < -0.4 is 5.32 Å². The number of amides is 2. The second-order valence-corrected chi connectivity index (χ2v) is 3.77. The molecule has 1 saturated heterocycles. The number of hydrogen-bond acceptors (Lipinski definition) is 2. The fourth-order valence-electron chi connectivity index (χ4n) is 1.47. The van der Waals surface area contributed by atoms with Gasteiger partial charge in [-0.2, -0.15) is 0 Å². The molecule has 1 rings (SSSR count). The van der Waals surface area contributed by atoms with Gasteiger partial charge in [-0.3, -0.25) is 4.79 Å². The number of aliphatic carboxylic acids is 1. The first kappa shape index (κ1) is 11.6. The normalized spacial score (nSPS) is 17.8. The van der Waals surface area contributed by atoms with E-state index < -0.39 is 5.97 Å². The van der Waals surface area contributed by atoms with Crippen LogP contribution in [0.3, 0.4) is 0 Å². The number of carboxylic acid groups (broad SMARTS) is 1. The van der Waals surface area contributed by atoms with E-state index in [1.165, 1.54) is 0 Å². The predicted molar refractivity (Wildman–Crippen MR) is 55.5 cm³/mol. The lowest BCUT2D eigenvalue weighted by atomic mass is 9.87. The Morgan fingerprint density at radius 2 is 2.27 bits per heavy atom. The van der Waals surface area contributed by atoms with E-state index in [-0.39, 0.29) is 17.9 Å². The molecule has 1 heterocycles. The van der Waals surface area contributed by atoms with E-state index in [2.05, 4.69) is 11.9 Å². The Bertz CT molecular complexity index is 272. The Hall–Kier alpha value is -1.52. The number of urea groups is 1. The Morgan fingerprint density at radius 3 is 2.73 bits per heavy atom. The summed E-state index contributed by atoms with van der Waals surface area (Å²) in [7, 11) is 0. The molecule has 5 nitrogen and oxygen atoms in total. The molecule has 0 aromatic rings. The molecule has 1 aliphatic rings. The van der Waals surface area contributed by atoms with Crippen LogP contribution in [0.15, 0.2) is 12.7 Å². The van der Waals surface area contributed by atoms with Crippen LogP contribution >= 0.6 is 0 Å². The topological polar surface area (TPSA) is 69.6 Å². The van der Waals surface area contributed by atoms with Gasteiger partial charge < -0.3 is 15.3 Å². The number of hydrogen-bond donors (Lipinski definition) is 2. The number of likely N-dealkylation sites (tertiary alicyclic amines) is 1. The van der Waals surface area contributed by atoms with Crippen LogP contribution in [0.5, 0.6) is 0 Å². The predicted octanol–water partition coefficient (Wildman–Crippen LogP) is 0.534. The zero-order valence-corrected chi connectivity index (χ0v) is 8.77. The SMILES string of the molecule is C=CCNC(=O)N1CC(C(C)C(=O)O)C1. The van der Waals surface area contributed by atoms with Gasteiger partial charge in [0.1, 0.15) is 0 Å². The van der Waals surface area contributed by atoms with Crippen molar-refractivity contribution in [3.63, 3.8) is 0 Å². The molecule has 0 aromatic carbocycles. The highest BCUT2D eigenvalue weighted by Gasteiger charge is 2.36. The van der Waals surface area contributed by atoms with Crippen molar-refractivity contribution in [3.8, 4) is 0 Å². The molecule has 2 amide bonds. The Kier molecular flexibility index (Phi) is 3.71. The fraction of sp³-hybridized carbons (Fsp3) is 0.600. The molecule has 15 heavy (non-hydrogen) atoms. The minimum Gasteiger partial charge on any atom is -0.481 e. The first-order chi connectivity index (χ1) is 7.06. The van der Waals surface area contributed by atoms with Gasteiger partial charge in [-0.25, -0.2) is 4.79 Å².